The van der Waals surface area contributed by atoms with E-state index >= 15 is 0 Å². The average molecular weight is 605 g/mol. The lowest BCUT2D eigenvalue weighted by atomic mass is 9.98. The molecule has 0 aromatic heterocycles. The summed E-state index contributed by atoms with van der Waals surface area (Å²) in [6, 6.07) is 54.8. The van der Waals surface area contributed by atoms with Crippen molar-refractivity contribution in [2.75, 3.05) is 9.80 Å². The minimum Gasteiger partial charge on any atom is -0.310 e. The molecular formula is C44H48N2. The Kier molecular flexibility index (Phi) is 11.2. The molecule has 1 atom stereocenters. The third kappa shape index (κ3) is 7.41. The molecule has 0 N–H and O–H groups in total. The first-order chi connectivity index (χ1) is 21.5. The molecule has 2 nitrogen and oxygen atoms in total. The lowest BCUT2D eigenvalue weighted by Crippen LogP contribution is -2.10. The molecule has 1 unspecified atom stereocenters. The topological polar surface area (TPSA) is 6.48 Å². The predicted octanol–water partition coefficient (Wildman–Crippen LogP) is 13.7. The molecule has 6 aromatic carbocycles. The molecule has 0 aliphatic rings. The van der Waals surface area contributed by atoms with Crippen LogP contribution in [0.5, 0.6) is 0 Å². The molecular weight excluding hydrogens is 556 g/mol. The van der Waals surface area contributed by atoms with E-state index in [2.05, 4.69) is 189 Å². The molecule has 0 heterocycles. The quantitative estimate of drug-likeness (QED) is 0.162. The summed E-state index contributed by atoms with van der Waals surface area (Å²) in [6.07, 6.45) is 1.14. The first-order valence-corrected chi connectivity index (χ1v) is 15.6. The molecule has 2 heteroatoms. The second kappa shape index (κ2) is 15.3. The van der Waals surface area contributed by atoms with E-state index in [4.69, 9.17) is 0 Å². The van der Waals surface area contributed by atoms with Gasteiger partial charge in [0.05, 0.1) is 0 Å². The van der Waals surface area contributed by atoms with Crippen molar-refractivity contribution in [3.05, 3.63) is 168 Å². The van der Waals surface area contributed by atoms with Crippen LogP contribution in [0.2, 0.25) is 0 Å². The van der Waals surface area contributed by atoms with Crippen molar-refractivity contribution in [1.82, 2.24) is 0 Å². The highest BCUT2D eigenvalue weighted by Crippen LogP contribution is 2.38. The SMILES string of the molecule is C.C.CCC(C)c1ccc(N(c2ccc(-c3ccc(N(c4ccccc4)c4cccc(C)c4)cc3)cc2)c2cccc(C)c2)cc1. The van der Waals surface area contributed by atoms with Gasteiger partial charge in [-0.15, -0.1) is 0 Å². The van der Waals surface area contributed by atoms with E-state index in [0.29, 0.717) is 5.92 Å². The van der Waals surface area contributed by atoms with Crippen LogP contribution in [0.4, 0.5) is 34.1 Å². The van der Waals surface area contributed by atoms with Crippen molar-refractivity contribution >= 4 is 34.1 Å². The Morgan fingerprint density at radius 3 is 1.20 bits per heavy atom. The minimum absolute atomic E-state index is 0. The van der Waals surface area contributed by atoms with Crippen LogP contribution in [0, 0.1) is 13.8 Å². The zero-order chi connectivity index (χ0) is 30.5. The highest BCUT2D eigenvalue weighted by Gasteiger charge is 2.15. The summed E-state index contributed by atoms with van der Waals surface area (Å²) in [4.78, 5) is 4.66. The molecule has 0 aliphatic carbocycles. The smallest absolute Gasteiger partial charge is 0.0464 e. The number of hydrogen-bond donors (Lipinski definition) is 0. The van der Waals surface area contributed by atoms with Gasteiger partial charge in [0.2, 0.25) is 0 Å². The van der Waals surface area contributed by atoms with Gasteiger partial charge in [0.15, 0.2) is 0 Å². The molecule has 234 valence electrons. The molecule has 0 bridgehead atoms. The van der Waals surface area contributed by atoms with Gasteiger partial charge < -0.3 is 9.80 Å². The van der Waals surface area contributed by atoms with Crippen molar-refractivity contribution in [2.45, 2.75) is 54.9 Å². The number of hydrogen-bond acceptors (Lipinski definition) is 2. The number of benzene rings is 6. The average Bonchev–Trinajstić information content (AvgIpc) is 3.06. The van der Waals surface area contributed by atoms with Gasteiger partial charge in [-0.1, -0.05) is 108 Å². The van der Waals surface area contributed by atoms with Crippen molar-refractivity contribution in [3.63, 3.8) is 0 Å². The van der Waals surface area contributed by atoms with Gasteiger partial charge in [0.1, 0.15) is 0 Å². The standard InChI is InChI=1S/C42H40N2.2CH4/c1-5-33(4)34-17-23-38(24-18-34)44(42-16-10-12-32(3)30-42)40-27-21-36(22-28-40)35-19-25-39(26-20-35)43(37-13-7-6-8-14-37)41-15-9-11-31(2)29-41;;/h6-30,33H,5H2,1-4H3;2*1H4. The van der Waals surface area contributed by atoms with Crippen molar-refractivity contribution < 1.29 is 0 Å². The van der Waals surface area contributed by atoms with Crippen LogP contribution in [0.3, 0.4) is 0 Å². The highest BCUT2D eigenvalue weighted by molar-refractivity contribution is 5.81. The second-order valence-electron chi connectivity index (χ2n) is 11.7. The number of para-hydroxylation sites is 1. The molecule has 0 aliphatic heterocycles. The molecule has 6 aromatic rings. The summed E-state index contributed by atoms with van der Waals surface area (Å²) in [7, 11) is 0. The first-order valence-electron chi connectivity index (χ1n) is 15.6. The lowest BCUT2D eigenvalue weighted by Gasteiger charge is -2.27. The van der Waals surface area contributed by atoms with Crippen LogP contribution >= 0.6 is 0 Å². The number of rotatable bonds is 9. The Morgan fingerprint density at radius 2 is 0.804 bits per heavy atom. The van der Waals surface area contributed by atoms with Crippen molar-refractivity contribution in [1.29, 1.82) is 0 Å². The number of aryl methyl sites for hydroxylation is 2. The fraction of sp³-hybridized carbons (Fsp3) is 0.182. The second-order valence-corrected chi connectivity index (χ2v) is 11.7. The van der Waals surface area contributed by atoms with E-state index in [1.807, 2.05) is 0 Å². The van der Waals surface area contributed by atoms with Gasteiger partial charge in [-0.2, -0.15) is 0 Å². The van der Waals surface area contributed by atoms with Gasteiger partial charge in [-0.05, 0) is 127 Å². The fourth-order valence-electron chi connectivity index (χ4n) is 5.80. The van der Waals surface area contributed by atoms with Gasteiger partial charge in [-0.3, -0.25) is 0 Å². The Bertz CT molecular complexity index is 1800. The summed E-state index contributed by atoms with van der Waals surface area (Å²) < 4.78 is 0. The Labute approximate surface area is 277 Å². The van der Waals surface area contributed by atoms with Gasteiger partial charge in [-0.25, -0.2) is 0 Å². The maximum Gasteiger partial charge on any atom is 0.0464 e. The van der Waals surface area contributed by atoms with Crippen molar-refractivity contribution in [3.8, 4) is 11.1 Å². The van der Waals surface area contributed by atoms with Crippen LogP contribution in [-0.4, -0.2) is 0 Å². The maximum absolute atomic E-state index is 2.35. The van der Waals surface area contributed by atoms with Crippen LogP contribution in [-0.2, 0) is 0 Å². The van der Waals surface area contributed by atoms with E-state index < -0.39 is 0 Å². The zero-order valence-electron chi connectivity index (χ0n) is 26.1. The molecule has 0 saturated carbocycles. The predicted molar refractivity (Wildman–Crippen MR) is 203 cm³/mol. The monoisotopic (exact) mass is 604 g/mol. The summed E-state index contributed by atoms with van der Waals surface area (Å²) in [6.45, 7) is 8.83. The number of anilines is 6. The lowest BCUT2D eigenvalue weighted by molar-refractivity contribution is 0.733. The van der Waals surface area contributed by atoms with Crippen molar-refractivity contribution in [2.24, 2.45) is 0 Å². The Hall–Kier alpha value is -5.08. The zero-order valence-corrected chi connectivity index (χ0v) is 26.1. The van der Waals surface area contributed by atoms with E-state index in [9.17, 15) is 0 Å². The molecule has 46 heavy (non-hydrogen) atoms. The Balaban J connectivity index is 0.00000240. The summed E-state index contributed by atoms with van der Waals surface area (Å²) in [5.41, 5.74) is 13.2. The third-order valence-electron chi connectivity index (χ3n) is 8.45. The van der Waals surface area contributed by atoms with E-state index in [1.165, 1.54) is 27.8 Å². The van der Waals surface area contributed by atoms with E-state index in [0.717, 1.165) is 40.5 Å². The maximum atomic E-state index is 2.35. The highest BCUT2D eigenvalue weighted by atomic mass is 15.1. The summed E-state index contributed by atoms with van der Waals surface area (Å²) >= 11 is 0. The van der Waals surface area contributed by atoms with Gasteiger partial charge in [0.25, 0.3) is 0 Å². The number of nitrogens with zero attached hydrogens (tertiary/aromatic N) is 2. The van der Waals surface area contributed by atoms with Crippen LogP contribution in [0.15, 0.2) is 152 Å². The molecule has 0 amide bonds. The largest absolute Gasteiger partial charge is 0.310 e. The fourth-order valence-corrected chi connectivity index (χ4v) is 5.80. The molecule has 6 rings (SSSR count). The van der Waals surface area contributed by atoms with E-state index in [-0.39, 0.29) is 14.9 Å². The summed E-state index contributed by atoms with van der Waals surface area (Å²) in [5.74, 6) is 0.554. The van der Waals surface area contributed by atoms with Gasteiger partial charge in [0, 0.05) is 34.1 Å². The van der Waals surface area contributed by atoms with Crippen LogP contribution in [0.1, 0.15) is 57.7 Å². The first kappa shape index (κ1) is 33.8. The Morgan fingerprint density at radius 1 is 0.435 bits per heavy atom. The molecule has 0 radical (unpaired) electrons. The summed E-state index contributed by atoms with van der Waals surface area (Å²) in [5, 5.41) is 0. The van der Waals surface area contributed by atoms with Crippen LogP contribution in [0.25, 0.3) is 11.1 Å². The molecule has 0 saturated heterocycles. The van der Waals surface area contributed by atoms with E-state index in [1.54, 1.807) is 0 Å². The van der Waals surface area contributed by atoms with Crippen LogP contribution < -0.4 is 9.80 Å². The molecule has 0 fully saturated rings. The minimum atomic E-state index is 0. The molecule has 0 spiro atoms. The van der Waals surface area contributed by atoms with Gasteiger partial charge >= 0.3 is 0 Å². The normalized spacial score (nSPS) is 11.1. The third-order valence-corrected chi connectivity index (χ3v) is 8.45.